The second-order valence-electron chi connectivity index (χ2n) is 6.59. The summed E-state index contributed by atoms with van der Waals surface area (Å²) in [6, 6.07) is 8.59. The van der Waals surface area contributed by atoms with E-state index < -0.39 is 22.7 Å². The summed E-state index contributed by atoms with van der Waals surface area (Å²) < 4.78 is 1.40. The molecule has 0 radical (unpaired) electrons. The Labute approximate surface area is 161 Å². The van der Waals surface area contributed by atoms with Crippen LogP contribution in [0.2, 0.25) is 0 Å². The number of nitro groups is 1. The van der Waals surface area contributed by atoms with Crippen LogP contribution in [0.5, 0.6) is 0 Å². The van der Waals surface area contributed by atoms with Crippen molar-refractivity contribution in [3.05, 3.63) is 69.4 Å². The lowest BCUT2D eigenvalue weighted by molar-refractivity contribution is -0.392. The quantitative estimate of drug-likeness (QED) is 0.443. The smallest absolute Gasteiger partial charge is 0.342 e. The molecular weight excluding hydrogens is 364 g/mol. The Morgan fingerprint density at radius 3 is 2.57 bits per heavy atom. The molecule has 9 nitrogen and oxygen atoms in total. The lowest BCUT2D eigenvalue weighted by atomic mass is 10.0. The van der Waals surface area contributed by atoms with Gasteiger partial charge in [-0.05, 0) is 17.4 Å². The van der Waals surface area contributed by atoms with Gasteiger partial charge in [0.1, 0.15) is 24.1 Å². The number of benzene rings is 1. The molecule has 1 aliphatic heterocycles. The van der Waals surface area contributed by atoms with Gasteiger partial charge in [0.2, 0.25) is 0 Å². The topological polar surface area (TPSA) is 119 Å². The number of Topliss-reactive ketones (excluding diaryl/α,β-unsaturated/α-hetero) is 1. The number of imidazole rings is 1. The SMILES string of the molecule is CC(=O)C1=C(O)C(Cc2ccccc2)N(CCn2c([N+](=O)[O-])cnc2C)C1=O. The van der Waals surface area contributed by atoms with Crippen LogP contribution in [0.3, 0.4) is 0 Å². The number of hydrogen-bond donors (Lipinski definition) is 1. The van der Waals surface area contributed by atoms with Crippen molar-refractivity contribution in [1.82, 2.24) is 14.5 Å². The normalized spacial score (nSPS) is 16.7. The number of carbonyl (C=O) groups is 2. The third kappa shape index (κ3) is 3.51. The standard InChI is InChI=1S/C19H20N4O5/c1-12(24)17-18(25)15(10-14-6-4-3-5-7-14)22(19(17)26)9-8-21-13(2)20-11-16(21)23(27)28/h3-7,11,15,25H,8-10H2,1-2H3. The molecule has 1 amide bonds. The van der Waals surface area contributed by atoms with Gasteiger partial charge in [0.25, 0.3) is 5.91 Å². The Kier molecular flexibility index (Phi) is 5.25. The van der Waals surface area contributed by atoms with Crippen molar-refractivity contribution in [1.29, 1.82) is 0 Å². The predicted molar refractivity (Wildman–Crippen MR) is 99.6 cm³/mol. The zero-order valence-electron chi connectivity index (χ0n) is 15.5. The van der Waals surface area contributed by atoms with Crippen LogP contribution in [0.4, 0.5) is 5.82 Å². The molecule has 0 spiro atoms. The molecule has 1 N–H and O–H groups in total. The van der Waals surface area contributed by atoms with Gasteiger partial charge in [0, 0.05) is 13.3 Å². The van der Waals surface area contributed by atoms with Crippen molar-refractivity contribution in [3.63, 3.8) is 0 Å². The second kappa shape index (κ2) is 7.63. The van der Waals surface area contributed by atoms with Gasteiger partial charge in [-0.2, -0.15) is 0 Å². The molecule has 28 heavy (non-hydrogen) atoms. The minimum Gasteiger partial charge on any atom is -0.509 e. The van der Waals surface area contributed by atoms with Crippen LogP contribution in [-0.2, 0) is 22.6 Å². The predicted octanol–water partition coefficient (Wildman–Crippen LogP) is 1.95. The third-order valence-electron chi connectivity index (χ3n) is 4.83. The number of aliphatic hydroxyl groups excluding tert-OH is 1. The van der Waals surface area contributed by atoms with Gasteiger partial charge >= 0.3 is 5.82 Å². The molecule has 0 fully saturated rings. The molecular formula is C19H20N4O5. The van der Waals surface area contributed by atoms with Crippen molar-refractivity contribution in [2.24, 2.45) is 0 Å². The van der Waals surface area contributed by atoms with Crippen LogP contribution in [-0.4, -0.2) is 48.8 Å². The monoisotopic (exact) mass is 384 g/mol. The highest BCUT2D eigenvalue weighted by Gasteiger charge is 2.41. The number of rotatable bonds is 7. The summed E-state index contributed by atoms with van der Waals surface area (Å²) in [7, 11) is 0. The molecule has 0 aliphatic carbocycles. The summed E-state index contributed by atoms with van der Waals surface area (Å²) in [5.41, 5.74) is 0.671. The number of aryl methyl sites for hydroxylation is 1. The first-order valence-corrected chi connectivity index (χ1v) is 8.76. The Morgan fingerprint density at radius 1 is 1.29 bits per heavy atom. The fourth-order valence-electron chi connectivity index (χ4n) is 3.43. The van der Waals surface area contributed by atoms with Crippen LogP contribution in [0, 0.1) is 17.0 Å². The second-order valence-corrected chi connectivity index (χ2v) is 6.59. The molecule has 9 heteroatoms. The van der Waals surface area contributed by atoms with Gasteiger partial charge in [0.05, 0.1) is 12.6 Å². The highest BCUT2D eigenvalue weighted by molar-refractivity contribution is 6.20. The van der Waals surface area contributed by atoms with Gasteiger partial charge in [-0.15, -0.1) is 0 Å². The maximum Gasteiger partial charge on any atom is 0.342 e. The molecule has 1 unspecified atom stereocenters. The Hall–Kier alpha value is -3.49. The fraction of sp³-hybridized carbons (Fsp3) is 0.316. The molecule has 2 aromatic rings. The zero-order chi connectivity index (χ0) is 20.4. The van der Waals surface area contributed by atoms with E-state index >= 15 is 0 Å². The molecule has 0 bridgehead atoms. The van der Waals surface area contributed by atoms with E-state index in [0.29, 0.717) is 12.2 Å². The average molecular weight is 384 g/mol. The zero-order valence-corrected chi connectivity index (χ0v) is 15.5. The van der Waals surface area contributed by atoms with Crippen LogP contribution in [0.25, 0.3) is 0 Å². The number of hydrogen-bond acceptors (Lipinski definition) is 6. The van der Waals surface area contributed by atoms with E-state index in [2.05, 4.69) is 4.98 Å². The summed E-state index contributed by atoms with van der Waals surface area (Å²) in [6.07, 6.45) is 1.50. The summed E-state index contributed by atoms with van der Waals surface area (Å²) >= 11 is 0. The lowest BCUT2D eigenvalue weighted by Crippen LogP contribution is -2.39. The first kappa shape index (κ1) is 19.3. The number of ketones is 1. The molecule has 1 aliphatic rings. The average Bonchev–Trinajstić information content (AvgIpc) is 3.12. The van der Waals surface area contributed by atoms with E-state index in [1.165, 1.54) is 22.6 Å². The lowest BCUT2D eigenvalue weighted by Gasteiger charge is -2.25. The van der Waals surface area contributed by atoms with E-state index in [9.17, 15) is 24.8 Å². The van der Waals surface area contributed by atoms with E-state index in [4.69, 9.17) is 0 Å². The van der Waals surface area contributed by atoms with E-state index in [1.807, 2.05) is 30.3 Å². The largest absolute Gasteiger partial charge is 0.509 e. The van der Waals surface area contributed by atoms with Crippen molar-refractivity contribution in [2.45, 2.75) is 32.9 Å². The van der Waals surface area contributed by atoms with Crippen LogP contribution in [0.15, 0.2) is 47.9 Å². The molecule has 1 aromatic heterocycles. The Morgan fingerprint density at radius 2 is 1.96 bits per heavy atom. The number of aromatic nitrogens is 2. The number of carbonyl (C=O) groups excluding carboxylic acids is 2. The van der Waals surface area contributed by atoms with Crippen LogP contribution in [0.1, 0.15) is 18.3 Å². The molecule has 1 aromatic carbocycles. The maximum absolute atomic E-state index is 12.7. The minimum atomic E-state index is -0.698. The third-order valence-corrected chi connectivity index (χ3v) is 4.83. The van der Waals surface area contributed by atoms with E-state index in [0.717, 1.165) is 5.56 Å². The number of nitrogens with zero attached hydrogens (tertiary/aromatic N) is 4. The number of aliphatic hydroxyl groups is 1. The molecule has 146 valence electrons. The summed E-state index contributed by atoms with van der Waals surface area (Å²) in [6.45, 7) is 3.08. The van der Waals surface area contributed by atoms with E-state index in [-0.39, 0.29) is 30.2 Å². The van der Waals surface area contributed by atoms with Crippen molar-refractivity contribution < 1.29 is 19.6 Å². The highest BCUT2D eigenvalue weighted by atomic mass is 16.6. The minimum absolute atomic E-state index is 0.0925. The summed E-state index contributed by atoms with van der Waals surface area (Å²) in [4.78, 5) is 40.6. The molecule has 0 saturated heterocycles. The Balaban J connectivity index is 1.87. The summed E-state index contributed by atoms with van der Waals surface area (Å²) in [5.74, 6) is -1.05. The van der Waals surface area contributed by atoms with Gasteiger partial charge in [0.15, 0.2) is 11.6 Å². The molecule has 2 heterocycles. The first-order valence-electron chi connectivity index (χ1n) is 8.76. The van der Waals surface area contributed by atoms with Crippen LogP contribution < -0.4 is 0 Å². The highest BCUT2D eigenvalue weighted by Crippen LogP contribution is 2.28. The van der Waals surface area contributed by atoms with Crippen molar-refractivity contribution in [2.75, 3.05) is 6.54 Å². The van der Waals surface area contributed by atoms with Gasteiger partial charge < -0.3 is 20.1 Å². The molecule has 0 saturated carbocycles. The van der Waals surface area contributed by atoms with Crippen molar-refractivity contribution >= 4 is 17.5 Å². The molecule has 3 rings (SSSR count). The van der Waals surface area contributed by atoms with Gasteiger partial charge in [-0.3, -0.25) is 9.59 Å². The van der Waals surface area contributed by atoms with Crippen LogP contribution >= 0.6 is 0 Å². The van der Waals surface area contributed by atoms with E-state index in [1.54, 1.807) is 6.92 Å². The van der Waals surface area contributed by atoms with Gasteiger partial charge in [-0.1, -0.05) is 30.3 Å². The summed E-state index contributed by atoms with van der Waals surface area (Å²) in [5, 5.41) is 21.7. The van der Waals surface area contributed by atoms with Crippen molar-refractivity contribution in [3.8, 4) is 0 Å². The maximum atomic E-state index is 12.7. The first-order chi connectivity index (χ1) is 13.3. The molecule has 1 atom stereocenters. The Bertz CT molecular complexity index is 964. The number of amides is 1. The van der Waals surface area contributed by atoms with Gasteiger partial charge in [-0.25, -0.2) is 9.55 Å². The fourth-order valence-corrected chi connectivity index (χ4v) is 3.43.